The van der Waals surface area contributed by atoms with Gasteiger partial charge in [0, 0.05) is 19.6 Å². The second kappa shape index (κ2) is 7.01. The fraction of sp³-hybridized carbons (Fsp3) is 0.333. The number of rotatable bonds is 4. The number of hydrogen-bond donors (Lipinski definition) is 2. The zero-order chi connectivity index (χ0) is 16.1. The van der Waals surface area contributed by atoms with Crippen molar-refractivity contribution in [3.05, 3.63) is 41.7 Å². The molecule has 0 aliphatic carbocycles. The van der Waals surface area contributed by atoms with Gasteiger partial charge in [-0.25, -0.2) is 0 Å². The van der Waals surface area contributed by atoms with Gasteiger partial charge in [0.2, 0.25) is 17.7 Å². The first-order chi connectivity index (χ1) is 11.2. The molecule has 1 amide bonds. The second-order valence-corrected chi connectivity index (χ2v) is 5.08. The summed E-state index contributed by atoms with van der Waals surface area (Å²) in [5, 5.41) is 2.78. The van der Waals surface area contributed by atoms with E-state index in [0.29, 0.717) is 38.8 Å². The largest absolute Gasteiger partial charge is 0.378 e. The normalized spacial score (nSPS) is 14.5. The molecule has 1 aliphatic heterocycles. The number of carbonyl (C=O) groups is 1. The molecular formula is C15H18N6O2. The van der Waals surface area contributed by atoms with Crippen LogP contribution in [0.25, 0.3) is 0 Å². The van der Waals surface area contributed by atoms with E-state index in [9.17, 15) is 4.79 Å². The molecule has 0 atom stereocenters. The average molecular weight is 314 g/mol. The van der Waals surface area contributed by atoms with Gasteiger partial charge in [0.1, 0.15) is 0 Å². The van der Waals surface area contributed by atoms with Crippen LogP contribution in [0.4, 0.5) is 11.9 Å². The predicted molar refractivity (Wildman–Crippen MR) is 84.9 cm³/mol. The molecule has 8 nitrogen and oxygen atoms in total. The first-order valence-electron chi connectivity index (χ1n) is 7.39. The van der Waals surface area contributed by atoms with Crippen LogP contribution in [0.1, 0.15) is 16.2 Å². The summed E-state index contributed by atoms with van der Waals surface area (Å²) in [6.45, 7) is 2.92. The Kier molecular flexibility index (Phi) is 4.62. The molecule has 1 aliphatic rings. The molecule has 1 aromatic heterocycles. The number of carbonyl (C=O) groups excluding carboxylic acids is 1. The third kappa shape index (κ3) is 3.92. The summed E-state index contributed by atoms with van der Waals surface area (Å²) >= 11 is 0. The first-order valence-corrected chi connectivity index (χ1v) is 7.39. The number of nitrogens with zero attached hydrogens (tertiary/aromatic N) is 4. The van der Waals surface area contributed by atoms with E-state index in [4.69, 9.17) is 10.5 Å². The van der Waals surface area contributed by atoms with Crippen LogP contribution >= 0.6 is 0 Å². The highest BCUT2D eigenvalue weighted by molar-refractivity contribution is 5.90. The number of amides is 1. The molecule has 1 saturated heterocycles. The molecule has 0 unspecified atom stereocenters. The molecule has 8 heteroatoms. The minimum Gasteiger partial charge on any atom is -0.378 e. The third-order valence-corrected chi connectivity index (χ3v) is 3.43. The molecule has 0 bridgehead atoms. The number of nitrogen functional groups attached to an aromatic ring is 1. The van der Waals surface area contributed by atoms with Crippen LogP contribution in [-0.2, 0) is 11.3 Å². The smallest absolute Gasteiger partial charge is 0.289 e. The molecule has 0 saturated carbocycles. The van der Waals surface area contributed by atoms with Crippen molar-refractivity contribution in [1.29, 1.82) is 0 Å². The summed E-state index contributed by atoms with van der Waals surface area (Å²) in [4.78, 5) is 26.4. The lowest BCUT2D eigenvalue weighted by Gasteiger charge is -2.26. The summed E-state index contributed by atoms with van der Waals surface area (Å²) in [5.74, 6) is 0.0874. The van der Waals surface area contributed by atoms with Crippen LogP contribution in [0.15, 0.2) is 30.3 Å². The van der Waals surface area contributed by atoms with E-state index in [2.05, 4.69) is 20.3 Å². The van der Waals surface area contributed by atoms with E-state index in [1.165, 1.54) is 0 Å². The van der Waals surface area contributed by atoms with Crippen molar-refractivity contribution in [2.45, 2.75) is 6.54 Å². The zero-order valence-electron chi connectivity index (χ0n) is 12.6. The Morgan fingerprint density at radius 2 is 1.91 bits per heavy atom. The van der Waals surface area contributed by atoms with Gasteiger partial charge >= 0.3 is 0 Å². The lowest BCUT2D eigenvalue weighted by molar-refractivity contribution is 0.0940. The number of morpholine rings is 1. The average Bonchev–Trinajstić information content (AvgIpc) is 2.61. The van der Waals surface area contributed by atoms with Crippen molar-refractivity contribution < 1.29 is 9.53 Å². The number of anilines is 2. The second-order valence-electron chi connectivity index (χ2n) is 5.08. The monoisotopic (exact) mass is 314 g/mol. The van der Waals surface area contributed by atoms with Crippen LogP contribution in [-0.4, -0.2) is 47.2 Å². The van der Waals surface area contributed by atoms with Crippen LogP contribution in [0, 0.1) is 0 Å². The summed E-state index contributed by atoms with van der Waals surface area (Å²) < 4.78 is 5.29. The van der Waals surface area contributed by atoms with Gasteiger partial charge in [0.15, 0.2) is 0 Å². The maximum Gasteiger partial charge on any atom is 0.289 e. The molecule has 2 aromatic rings. The Hall–Kier alpha value is -2.74. The van der Waals surface area contributed by atoms with Gasteiger partial charge in [-0.2, -0.15) is 15.0 Å². The number of aromatic nitrogens is 3. The molecular weight excluding hydrogens is 296 g/mol. The molecule has 0 radical (unpaired) electrons. The molecule has 0 spiro atoms. The predicted octanol–water partition coefficient (Wildman–Crippen LogP) is 0.220. The highest BCUT2D eigenvalue weighted by Crippen LogP contribution is 2.11. The molecule has 120 valence electrons. The van der Waals surface area contributed by atoms with E-state index < -0.39 is 0 Å². The summed E-state index contributed by atoms with van der Waals surface area (Å²) in [6.07, 6.45) is 0. The highest BCUT2D eigenvalue weighted by Gasteiger charge is 2.18. The lowest BCUT2D eigenvalue weighted by Crippen LogP contribution is -2.38. The van der Waals surface area contributed by atoms with Gasteiger partial charge in [-0.05, 0) is 5.56 Å². The zero-order valence-corrected chi connectivity index (χ0v) is 12.6. The van der Waals surface area contributed by atoms with Gasteiger partial charge in [0.05, 0.1) is 13.2 Å². The first kappa shape index (κ1) is 15.2. The molecule has 23 heavy (non-hydrogen) atoms. The van der Waals surface area contributed by atoms with E-state index in [-0.39, 0.29) is 17.7 Å². The van der Waals surface area contributed by atoms with Gasteiger partial charge < -0.3 is 20.7 Å². The fourth-order valence-corrected chi connectivity index (χ4v) is 2.24. The number of nitrogens with one attached hydrogen (secondary N) is 1. The minimum atomic E-state index is -0.377. The number of benzene rings is 1. The lowest BCUT2D eigenvalue weighted by atomic mass is 10.2. The van der Waals surface area contributed by atoms with Crippen molar-refractivity contribution in [3.63, 3.8) is 0 Å². The third-order valence-electron chi connectivity index (χ3n) is 3.43. The van der Waals surface area contributed by atoms with Gasteiger partial charge in [-0.15, -0.1) is 0 Å². The molecule has 3 N–H and O–H groups in total. The number of nitrogens with two attached hydrogens (primary N) is 1. The summed E-state index contributed by atoms with van der Waals surface area (Å²) in [5.41, 5.74) is 6.71. The van der Waals surface area contributed by atoms with E-state index in [1.54, 1.807) is 0 Å². The standard InChI is InChI=1S/C15H18N6O2/c16-14-18-12(13(22)17-10-11-4-2-1-3-5-11)19-15(20-14)21-6-8-23-9-7-21/h1-5H,6-10H2,(H,17,22)(H2,16,18,19,20). The molecule has 3 rings (SSSR count). The van der Waals surface area contributed by atoms with Gasteiger partial charge in [-0.1, -0.05) is 30.3 Å². The topological polar surface area (TPSA) is 106 Å². The van der Waals surface area contributed by atoms with Gasteiger partial charge in [-0.3, -0.25) is 4.79 Å². The van der Waals surface area contributed by atoms with E-state index in [0.717, 1.165) is 5.56 Å². The van der Waals surface area contributed by atoms with Crippen molar-refractivity contribution in [2.75, 3.05) is 36.9 Å². The molecule has 1 aromatic carbocycles. The van der Waals surface area contributed by atoms with Gasteiger partial charge in [0.25, 0.3) is 5.91 Å². The van der Waals surface area contributed by atoms with Crippen LogP contribution < -0.4 is 16.0 Å². The van der Waals surface area contributed by atoms with Crippen LogP contribution in [0.2, 0.25) is 0 Å². The molecule has 1 fully saturated rings. The highest BCUT2D eigenvalue weighted by atomic mass is 16.5. The van der Waals surface area contributed by atoms with E-state index in [1.807, 2.05) is 35.2 Å². The minimum absolute atomic E-state index is 0.0231. The Morgan fingerprint density at radius 1 is 1.17 bits per heavy atom. The Labute approximate surface area is 133 Å². The number of hydrogen-bond acceptors (Lipinski definition) is 7. The van der Waals surface area contributed by atoms with Crippen molar-refractivity contribution in [1.82, 2.24) is 20.3 Å². The SMILES string of the molecule is Nc1nc(C(=O)NCc2ccccc2)nc(N2CCOCC2)n1. The Morgan fingerprint density at radius 3 is 2.65 bits per heavy atom. The maximum atomic E-state index is 12.2. The van der Waals surface area contributed by atoms with Crippen LogP contribution in [0.3, 0.4) is 0 Å². The summed E-state index contributed by atoms with van der Waals surface area (Å²) in [6, 6.07) is 9.62. The fourth-order valence-electron chi connectivity index (χ4n) is 2.24. The maximum absolute atomic E-state index is 12.2. The van der Waals surface area contributed by atoms with Crippen LogP contribution in [0.5, 0.6) is 0 Å². The number of ether oxygens (including phenoxy) is 1. The quantitative estimate of drug-likeness (QED) is 0.831. The van der Waals surface area contributed by atoms with Crippen molar-refractivity contribution >= 4 is 17.8 Å². The Balaban J connectivity index is 1.71. The Bertz CT molecular complexity index is 673. The molecule has 2 heterocycles. The van der Waals surface area contributed by atoms with E-state index >= 15 is 0 Å². The van der Waals surface area contributed by atoms with Crippen molar-refractivity contribution in [2.24, 2.45) is 0 Å². The van der Waals surface area contributed by atoms with Crippen molar-refractivity contribution in [3.8, 4) is 0 Å². The summed E-state index contributed by atoms with van der Waals surface area (Å²) in [7, 11) is 0.